The fourth-order valence-corrected chi connectivity index (χ4v) is 1.17. The standard InChI is InChI=1S/C9H12O3/c1-2-6-12-9(11)7-4-3-5-8(7)10/h2,10H,1,3-6H2. The average Bonchev–Trinajstić information content (AvgIpc) is 2.47. The Morgan fingerprint density at radius 3 is 2.92 bits per heavy atom. The third kappa shape index (κ3) is 1.87. The number of rotatable bonds is 3. The van der Waals surface area contributed by atoms with Crippen LogP contribution >= 0.6 is 0 Å². The van der Waals surface area contributed by atoms with Gasteiger partial charge in [0.25, 0.3) is 0 Å². The van der Waals surface area contributed by atoms with Gasteiger partial charge in [-0.15, -0.1) is 0 Å². The number of ether oxygens (including phenoxy) is 1. The lowest BCUT2D eigenvalue weighted by Gasteiger charge is -2.01. The largest absolute Gasteiger partial charge is 0.512 e. The number of aliphatic hydroxyl groups is 1. The summed E-state index contributed by atoms with van der Waals surface area (Å²) >= 11 is 0. The second-order valence-electron chi connectivity index (χ2n) is 2.67. The van der Waals surface area contributed by atoms with Gasteiger partial charge in [-0.1, -0.05) is 12.7 Å². The predicted octanol–water partition coefficient (Wildman–Crippen LogP) is 1.71. The molecule has 0 aromatic carbocycles. The van der Waals surface area contributed by atoms with E-state index >= 15 is 0 Å². The summed E-state index contributed by atoms with van der Waals surface area (Å²) in [5.41, 5.74) is 0.428. The number of hydrogen-bond acceptors (Lipinski definition) is 3. The van der Waals surface area contributed by atoms with Crippen LogP contribution in [-0.2, 0) is 9.53 Å². The summed E-state index contributed by atoms with van der Waals surface area (Å²) in [5, 5.41) is 9.21. The number of carbonyl (C=O) groups is 1. The van der Waals surface area contributed by atoms with Gasteiger partial charge in [0.05, 0.1) is 5.57 Å². The van der Waals surface area contributed by atoms with Crippen LogP contribution in [0.2, 0.25) is 0 Å². The molecule has 1 N–H and O–H groups in total. The minimum Gasteiger partial charge on any atom is -0.512 e. The van der Waals surface area contributed by atoms with E-state index in [1.165, 1.54) is 6.08 Å². The molecule has 1 rings (SSSR count). The highest BCUT2D eigenvalue weighted by Gasteiger charge is 2.21. The van der Waals surface area contributed by atoms with Gasteiger partial charge in [-0.3, -0.25) is 0 Å². The maximum Gasteiger partial charge on any atom is 0.337 e. The van der Waals surface area contributed by atoms with Crippen molar-refractivity contribution in [3.8, 4) is 0 Å². The Bertz CT molecular complexity index is 228. The molecule has 66 valence electrons. The first-order valence-electron chi connectivity index (χ1n) is 3.94. The van der Waals surface area contributed by atoms with E-state index < -0.39 is 5.97 Å². The van der Waals surface area contributed by atoms with Gasteiger partial charge < -0.3 is 9.84 Å². The summed E-state index contributed by atoms with van der Waals surface area (Å²) < 4.78 is 4.77. The topological polar surface area (TPSA) is 46.5 Å². The van der Waals surface area contributed by atoms with Crippen LogP contribution in [0.5, 0.6) is 0 Å². The highest BCUT2D eigenvalue weighted by atomic mass is 16.5. The molecule has 0 amide bonds. The lowest BCUT2D eigenvalue weighted by Crippen LogP contribution is -2.07. The van der Waals surface area contributed by atoms with Crippen molar-refractivity contribution in [2.45, 2.75) is 19.3 Å². The van der Waals surface area contributed by atoms with Crippen LogP contribution in [0.3, 0.4) is 0 Å². The Kier molecular flexibility index (Phi) is 2.91. The van der Waals surface area contributed by atoms with Crippen molar-refractivity contribution in [1.29, 1.82) is 0 Å². The Morgan fingerprint density at radius 2 is 2.42 bits per heavy atom. The second kappa shape index (κ2) is 3.95. The number of esters is 1. The molecule has 12 heavy (non-hydrogen) atoms. The van der Waals surface area contributed by atoms with Crippen LogP contribution in [0.15, 0.2) is 24.0 Å². The molecule has 0 atom stereocenters. The lowest BCUT2D eigenvalue weighted by atomic mass is 10.2. The number of aliphatic hydroxyl groups excluding tert-OH is 1. The zero-order chi connectivity index (χ0) is 8.97. The third-order valence-corrected chi connectivity index (χ3v) is 1.77. The zero-order valence-electron chi connectivity index (χ0n) is 6.88. The fraction of sp³-hybridized carbons (Fsp3) is 0.444. The van der Waals surface area contributed by atoms with Crippen molar-refractivity contribution < 1.29 is 14.6 Å². The van der Waals surface area contributed by atoms with Crippen molar-refractivity contribution in [1.82, 2.24) is 0 Å². The van der Waals surface area contributed by atoms with Crippen LogP contribution in [0.4, 0.5) is 0 Å². The molecule has 0 spiro atoms. The van der Waals surface area contributed by atoms with Gasteiger partial charge in [0.1, 0.15) is 12.4 Å². The molecule has 0 saturated carbocycles. The van der Waals surface area contributed by atoms with Crippen molar-refractivity contribution in [3.63, 3.8) is 0 Å². The molecule has 1 aliphatic rings. The predicted molar refractivity (Wildman–Crippen MR) is 44.7 cm³/mol. The first-order chi connectivity index (χ1) is 5.75. The molecular formula is C9H12O3. The summed E-state index contributed by atoms with van der Waals surface area (Å²) in [4.78, 5) is 11.1. The first-order valence-corrected chi connectivity index (χ1v) is 3.94. The summed E-state index contributed by atoms with van der Waals surface area (Å²) in [7, 11) is 0. The molecule has 3 nitrogen and oxygen atoms in total. The molecule has 0 unspecified atom stereocenters. The van der Waals surface area contributed by atoms with E-state index in [1.54, 1.807) is 0 Å². The van der Waals surface area contributed by atoms with Crippen molar-refractivity contribution in [2.24, 2.45) is 0 Å². The summed E-state index contributed by atoms with van der Waals surface area (Å²) in [6.45, 7) is 3.63. The van der Waals surface area contributed by atoms with E-state index in [0.717, 1.165) is 6.42 Å². The quantitative estimate of drug-likeness (QED) is 0.515. The molecule has 0 bridgehead atoms. The normalized spacial score (nSPS) is 16.3. The number of carbonyl (C=O) groups excluding carboxylic acids is 1. The van der Waals surface area contributed by atoms with E-state index in [1.807, 2.05) is 0 Å². The van der Waals surface area contributed by atoms with Gasteiger partial charge in [0.15, 0.2) is 0 Å². The molecular weight excluding hydrogens is 156 g/mol. The molecule has 0 heterocycles. The SMILES string of the molecule is C=CCOC(=O)C1=C(O)CCC1. The number of allylic oxidation sites excluding steroid dienone is 1. The Hall–Kier alpha value is -1.25. The maximum atomic E-state index is 11.1. The Balaban J connectivity index is 2.51. The number of hydrogen-bond donors (Lipinski definition) is 1. The molecule has 0 aliphatic heterocycles. The van der Waals surface area contributed by atoms with Gasteiger partial charge in [-0.25, -0.2) is 4.79 Å². The van der Waals surface area contributed by atoms with E-state index in [9.17, 15) is 9.90 Å². The van der Waals surface area contributed by atoms with Crippen LogP contribution in [-0.4, -0.2) is 17.7 Å². The fourth-order valence-electron chi connectivity index (χ4n) is 1.17. The van der Waals surface area contributed by atoms with Crippen molar-refractivity contribution in [2.75, 3.05) is 6.61 Å². The molecule has 1 aliphatic carbocycles. The van der Waals surface area contributed by atoms with Crippen LogP contribution < -0.4 is 0 Å². The molecule has 0 saturated heterocycles. The highest BCUT2D eigenvalue weighted by Crippen LogP contribution is 2.24. The maximum absolute atomic E-state index is 11.1. The van der Waals surface area contributed by atoms with Crippen LogP contribution in [0.1, 0.15) is 19.3 Å². The molecule has 0 aromatic rings. The minimum atomic E-state index is -0.412. The van der Waals surface area contributed by atoms with Gasteiger partial charge in [-0.2, -0.15) is 0 Å². The lowest BCUT2D eigenvalue weighted by molar-refractivity contribution is -0.138. The van der Waals surface area contributed by atoms with E-state index in [2.05, 4.69) is 6.58 Å². The summed E-state index contributed by atoms with van der Waals surface area (Å²) in [5.74, 6) is -0.228. The molecule has 0 aromatic heterocycles. The van der Waals surface area contributed by atoms with Gasteiger partial charge in [0.2, 0.25) is 0 Å². The Morgan fingerprint density at radius 1 is 1.67 bits per heavy atom. The van der Waals surface area contributed by atoms with E-state index in [0.29, 0.717) is 18.4 Å². The second-order valence-corrected chi connectivity index (χ2v) is 2.67. The molecule has 0 radical (unpaired) electrons. The highest BCUT2D eigenvalue weighted by molar-refractivity contribution is 5.89. The first kappa shape index (κ1) is 8.84. The monoisotopic (exact) mass is 168 g/mol. The van der Waals surface area contributed by atoms with Crippen LogP contribution in [0.25, 0.3) is 0 Å². The molecule has 3 heteroatoms. The van der Waals surface area contributed by atoms with E-state index in [-0.39, 0.29) is 12.4 Å². The van der Waals surface area contributed by atoms with Crippen molar-refractivity contribution >= 4 is 5.97 Å². The smallest absolute Gasteiger partial charge is 0.337 e. The Labute approximate surface area is 71.3 Å². The van der Waals surface area contributed by atoms with E-state index in [4.69, 9.17) is 4.74 Å². The average molecular weight is 168 g/mol. The zero-order valence-corrected chi connectivity index (χ0v) is 6.88. The van der Waals surface area contributed by atoms with Gasteiger partial charge >= 0.3 is 5.97 Å². The minimum absolute atomic E-state index is 0.184. The summed E-state index contributed by atoms with van der Waals surface area (Å²) in [6, 6.07) is 0. The van der Waals surface area contributed by atoms with Gasteiger partial charge in [-0.05, 0) is 12.8 Å². The van der Waals surface area contributed by atoms with Crippen molar-refractivity contribution in [3.05, 3.63) is 24.0 Å². The third-order valence-electron chi connectivity index (χ3n) is 1.77. The van der Waals surface area contributed by atoms with Crippen LogP contribution in [0, 0.1) is 0 Å². The van der Waals surface area contributed by atoms with Gasteiger partial charge in [0, 0.05) is 6.42 Å². The molecule has 0 fully saturated rings. The summed E-state index contributed by atoms with van der Waals surface area (Å²) in [6.07, 6.45) is 3.56.